The summed E-state index contributed by atoms with van der Waals surface area (Å²) in [7, 11) is 0. The second-order valence-electron chi connectivity index (χ2n) is 8.72. The van der Waals surface area contributed by atoms with Gasteiger partial charge in [-0.15, -0.1) is 0 Å². The predicted molar refractivity (Wildman–Crippen MR) is 134 cm³/mol. The second-order valence-corrected chi connectivity index (χ2v) is 8.72. The lowest BCUT2D eigenvalue weighted by molar-refractivity contribution is 0.0944. The maximum absolute atomic E-state index is 13.2. The molecule has 0 saturated heterocycles. The van der Waals surface area contributed by atoms with Crippen LogP contribution in [0, 0.1) is 11.4 Å². The molecule has 37 heavy (non-hydrogen) atoms. The fourth-order valence-corrected chi connectivity index (χ4v) is 4.36. The molecule has 4 rings (SSSR count). The monoisotopic (exact) mass is 507 g/mol. The topological polar surface area (TPSA) is 175 Å². The highest BCUT2D eigenvalue weighted by Gasteiger charge is 2.19. The Balaban J connectivity index is 1.65. The zero-order valence-electron chi connectivity index (χ0n) is 20.5. The van der Waals surface area contributed by atoms with Crippen molar-refractivity contribution < 1.29 is 9.53 Å². The molecule has 0 unspecified atom stereocenters. The minimum Gasteiger partial charge on any atom is -0.439 e. The maximum atomic E-state index is 13.2. The van der Waals surface area contributed by atoms with Gasteiger partial charge in [-0.1, -0.05) is 30.6 Å². The van der Waals surface area contributed by atoms with Gasteiger partial charge in [-0.05, 0) is 56.0 Å². The number of nitrogens with one attached hydrogen (secondary N) is 2. The lowest BCUT2D eigenvalue weighted by Crippen LogP contribution is -2.57. The Morgan fingerprint density at radius 3 is 2.51 bits per heavy atom. The largest absolute Gasteiger partial charge is 0.439 e. The van der Waals surface area contributed by atoms with Crippen LogP contribution in [0.4, 0.5) is 5.69 Å². The number of hydrogen-bond donors (Lipinski definition) is 3. The maximum Gasteiger partial charge on any atom is 0.353 e. The predicted octanol–water partition coefficient (Wildman–Crippen LogP) is 2.22. The molecule has 1 aromatic carbocycles. The van der Waals surface area contributed by atoms with Crippen LogP contribution < -0.4 is 33.0 Å². The van der Waals surface area contributed by atoms with E-state index in [1.54, 1.807) is 43.3 Å². The minimum absolute atomic E-state index is 0.0466. The molecule has 2 aromatic heterocycles. The average molecular weight is 508 g/mol. The SMILES string of the molecule is CCn1c(=O)n(N)c(=Nc2ccc(Oc3cccc(C(=O)NN=N)n3)cc2)n(CC2CCCCC2)c1=O. The number of nitrogens with zero attached hydrogens (tertiary/aromatic N) is 6. The lowest BCUT2D eigenvalue weighted by Gasteiger charge is -2.23. The van der Waals surface area contributed by atoms with Gasteiger partial charge in [-0.3, -0.25) is 9.36 Å². The van der Waals surface area contributed by atoms with E-state index in [1.807, 2.05) is 5.43 Å². The summed E-state index contributed by atoms with van der Waals surface area (Å²) < 4.78 is 9.24. The molecule has 1 fully saturated rings. The third-order valence-electron chi connectivity index (χ3n) is 6.24. The summed E-state index contributed by atoms with van der Waals surface area (Å²) in [5.41, 5.74) is 8.27. The van der Waals surface area contributed by atoms with Gasteiger partial charge in [0.25, 0.3) is 5.91 Å². The number of amides is 1. The van der Waals surface area contributed by atoms with Crippen molar-refractivity contribution in [2.75, 3.05) is 5.84 Å². The van der Waals surface area contributed by atoms with Gasteiger partial charge in [0.1, 0.15) is 11.4 Å². The Kier molecular flexibility index (Phi) is 7.91. The normalized spacial score (nSPS) is 14.4. The lowest BCUT2D eigenvalue weighted by atomic mass is 9.89. The van der Waals surface area contributed by atoms with Gasteiger partial charge in [0.05, 0.1) is 5.69 Å². The molecule has 1 saturated carbocycles. The van der Waals surface area contributed by atoms with Crippen LogP contribution in [0.25, 0.3) is 0 Å². The molecule has 13 heteroatoms. The van der Waals surface area contributed by atoms with Crippen molar-refractivity contribution in [3.8, 4) is 11.6 Å². The quantitative estimate of drug-likeness (QED) is 0.239. The third-order valence-corrected chi connectivity index (χ3v) is 6.24. The number of aromatic nitrogens is 4. The summed E-state index contributed by atoms with van der Waals surface area (Å²) in [5, 5.41) is 2.84. The van der Waals surface area contributed by atoms with Crippen molar-refractivity contribution in [3.63, 3.8) is 0 Å². The molecule has 0 aliphatic heterocycles. The molecule has 1 amide bonds. The summed E-state index contributed by atoms with van der Waals surface area (Å²) in [6.45, 7) is 2.38. The van der Waals surface area contributed by atoms with E-state index in [2.05, 4.69) is 15.2 Å². The number of rotatable bonds is 8. The van der Waals surface area contributed by atoms with Crippen molar-refractivity contribution in [3.05, 3.63) is 74.7 Å². The molecule has 1 aliphatic carbocycles. The van der Waals surface area contributed by atoms with Crippen LogP contribution in [0.2, 0.25) is 0 Å². The van der Waals surface area contributed by atoms with Gasteiger partial charge in [0.15, 0.2) is 0 Å². The molecule has 194 valence electrons. The highest BCUT2D eigenvalue weighted by Crippen LogP contribution is 2.25. The number of carbonyl (C=O) groups is 1. The highest BCUT2D eigenvalue weighted by atomic mass is 16.5. The van der Waals surface area contributed by atoms with Gasteiger partial charge in [-0.25, -0.2) is 29.6 Å². The van der Waals surface area contributed by atoms with Crippen LogP contribution in [0.5, 0.6) is 11.6 Å². The molecule has 0 spiro atoms. The van der Waals surface area contributed by atoms with Gasteiger partial charge in [-0.2, -0.15) is 10.2 Å². The van der Waals surface area contributed by atoms with E-state index in [0.29, 0.717) is 23.9 Å². The molecule has 0 bridgehead atoms. The summed E-state index contributed by atoms with van der Waals surface area (Å²) in [4.78, 5) is 46.3. The Morgan fingerprint density at radius 1 is 1.11 bits per heavy atom. The molecular formula is C24H29N9O4. The smallest absolute Gasteiger partial charge is 0.353 e. The third kappa shape index (κ3) is 5.82. The number of ether oxygens (including phenoxy) is 1. The molecule has 2 heterocycles. The number of nitrogen functional groups attached to an aromatic ring is 1. The number of pyridine rings is 1. The molecule has 0 radical (unpaired) electrons. The van der Waals surface area contributed by atoms with E-state index in [0.717, 1.165) is 34.9 Å². The van der Waals surface area contributed by atoms with Crippen LogP contribution in [0.15, 0.2) is 62.3 Å². The summed E-state index contributed by atoms with van der Waals surface area (Å²) in [6, 6.07) is 11.2. The number of hydrogen-bond acceptors (Lipinski definition) is 9. The van der Waals surface area contributed by atoms with Crippen LogP contribution in [-0.2, 0) is 13.1 Å². The van der Waals surface area contributed by atoms with Crippen molar-refractivity contribution >= 4 is 11.6 Å². The van der Waals surface area contributed by atoms with E-state index in [4.69, 9.17) is 16.1 Å². The van der Waals surface area contributed by atoms with Crippen LogP contribution in [0.1, 0.15) is 49.5 Å². The number of carbonyl (C=O) groups excluding carboxylic acids is 1. The van der Waals surface area contributed by atoms with Gasteiger partial charge < -0.3 is 10.6 Å². The summed E-state index contributed by atoms with van der Waals surface area (Å²) in [6.07, 6.45) is 5.46. The first-order valence-corrected chi connectivity index (χ1v) is 12.1. The van der Waals surface area contributed by atoms with Crippen LogP contribution >= 0.6 is 0 Å². The molecule has 0 atom stereocenters. The Morgan fingerprint density at radius 2 is 1.84 bits per heavy atom. The Labute approximate surface area is 211 Å². The second kappa shape index (κ2) is 11.5. The Bertz CT molecular complexity index is 1470. The average Bonchev–Trinajstić information content (AvgIpc) is 2.91. The van der Waals surface area contributed by atoms with E-state index < -0.39 is 17.3 Å². The van der Waals surface area contributed by atoms with Gasteiger partial charge in [0, 0.05) is 19.2 Å². The zero-order valence-corrected chi connectivity index (χ0v) is 20.5. The van der Waals surface area contributed by atoms with Gasteiger partial charge in [0.2, 0.25) is 11.5 Å². The fourth-order valence-electron chi connectivity index (χ4n) is 4.36. The standard InChI is InChI=1S/C24H29N9O4/c1-2-31-23(35)32(15-16-7-4-3-5-8-16)22(33(26)24(31)36)27-17-11-13-18(14-12-17)37-20-10-6-9-19(28-20)21(34)29-30-25/h6,9-14,16H,2-5,7-8,15,26H2,1H3,(H2,25,29,34). The highest BCUT2D eigenvalue weighted by molar-refractivity contribution is 5.91. The van der Waals surface area contributed by atoms with Crippen molar-refractivity contribution in [2.24, 2.45) is 16.1 Å². The van der Waals surface area contributed by atoms with Crippen molar-refractivity contribution in [1.82, 2.24) is 24.2 Å². The number of benzene rings is 1. The fraction of sp³-hybridized carbons (Fsp3) is 0.375. The first kappa shape index (κ1) is 25.5. The van der Waals surface area contributed by atoms with Crippen molar-refractivity contribution in [2.45, 2.75) is 52.1 Å². The molecule has 13 nitrogen and oxygen atoms in total. The van der Waals surface area contributed by atoms with E-state index in [9.17, 15) is 14.4 Å². The molecule has 1 aliphatic rings. The van der Waals surface area contributed by atoms with E-state index >= 15 is 0 Å². The van der Waals surface area contributed by atoms with E-state index in [-0.39, 0.29) is 23.7 Å². The summed E-state index contributed by atoms with van der Waals surface area (Å²) in [5.74, 6) is 6.41. The minimum atomic E-state index is -0.631. The zero-order chi connectivity index (χ0) is 26.4. The first-order chi connectivity index (χ1) is 17.9. The molecular weight excluding hydrogens is 478 g/mol. The van der Waals surface area contributed by atoms with Crippen LogP contribution in [0.3, 0.4) is 0 Å². The van der Waals surface area contributed by atoms with Crippen LogP contribution in [-0.4, -0.2) is 24.7 Å². The number of nitrogens with two attached hydrogens (primary N) is 1. The Hall–Kier alpha value is -4.55. The summed E-state index contributed by atoms with van der Waals surface area (Å²) >= 11 is 0. The molecule has 4 N–H and O–H groups in total. The van der Waals surface area contributed by atoms with Gasteiger partial charge >= 0.3 is 11.4 Å². The molecule has 3 aromatic rings. The first-order valence-electron chi connectivity index (χ1n) is 12.1. The van der Waals surface area contributed by atoms with E-state index in [1.165, 1.54) is 17.1 Å². The van der Waals surface area contributed by atoms with Crippen molar-refractivity contribution in [1.29, 1.82) is 5.53 Å².